The summed E-state index contributed by atoms with van der Waals surface area (Å²) in [6, 6.07) is 9.57. The lowest BCUT2D eigenvalue weighted by atomic mass is 10.2. The largest absolute Gasteiger partial charge is 0.380 e. The van der Waals surface area contributed by atoms with Crippen LogP contribution in [0, 0.1) is 0 Å². The molecule has 0 spiro atoms. The third kappa shape index (κ3) is 4.50. The second-order valence-electron chi connectivity index (χ2n) is 6.13. The quantitative estimate of drug-likeness (QED) is 0.892. The molecule has 1 fully saturated rings. The van der Waals surface area contributed by atoms with E-state index in [0.29, 0.717) is 12.1 Å². The number of benzene rings is 1. The van der Waals surface area contributed by atoms with E-state index in [0.717, 1.165) is 49.0 Å². The number of nitrogens with one attached hydrogen (secondary N) is 1. The molecule has 6 heteroatoms. The molecule has 0 radical (unpaired) electrons. The van der Waals surface area contributed by atoms with Crippen LogP contribution in [0.4, 0.5) is 5.69 Å². The van der Waals surface area contributed by atoms with Crippen molar-refractivity contribution >= 4 is 23.2 Å². The number of carbonyl (C=O) groups excluding carboxylic acids is 1. The first-order valence-electron chi connectivity index (χ1n) is 8.61. The highest BCUT2D eigenvalue weighted by atomic mass is 35.5. The summed E-state index contributed by atoms with van der Waals surface area (Å²) in [7, 11) is 0. The van der Waals surface area contributed by atoms with Crippen molar-refractivity contribution in [1.29, 1.82) is 0 Å². The second-order valence-corrected chi connectivity index (χ2v) is 6.54. The first kappa shape index (κ1) is 17.7. The number of carbonyl (C=O) groups is 1. The molecule has 1 saturated heterocycles. The van der Waals surface area contributed by atoms with Crippen LogP contribution in [-0.2, 0) is 6.54 Å². The Balaban J connectivity index is 1.63. The smallest absolute Gasteiger partial charge is 0.255 e. The number of hydrogen-bond donors (Lipinski definition) is 1. The van der Waals surface area contributed by atoms with E-state index in [-0.39, 0.29) is 5.91 Å². The van der Waals surface area contributed by atoms with Crippen LogP contribution >= 0.6 is 11.6 Å². The van der Waals surface area contributed by atoms with Gasteiger partial charge in [0.25, 0.3) is 5.91 Å². The number of hydrogen-bond acceptors (Lipinski definition) is 4. The minimum absolute atomic E-state index is 0.0460. The molecule has 3 rings (SSSR count). The zero-order valence-corrected chi connectivity index (χ0v) is 15.2. The van der Waals surface area contributed by atoms with E-state index in [2.05, 4.69) is 22.1 Å². The Morgan fingerprint density at radius 1 is 1.20 bits per heavy atom. The van der Waals surface area contributed by atoms with Gasteiger partial charge < -0.3 is 15.1 Å². The van der Waals surface area contributed by atoms with E-state index >= 15 is 0 Å². The van der Waals surface area contributed by atoms with Gasteiger partial charge in [0.1, 0.15) is 0 Å². The Bertz CT molecular complexity index is 729. The molecule has 1 aromatic heterocycles. The lowest BCUT2D eigenvalue weighted by molar-refractivity contribution is 0.0643. The molecule has 5 nitrogen and oxygen atoms in total. The van der Waals surface area contributed by atoms with Crippen LogP contribution in [0.1, 0.15) is 22.8 Å². The van der Waals surface area contributed by atoms with E-state index in [9.17, 15) is 4.79 Å². The van der Waals surface area contributed by atoms with E-state index < -0.39 is 0 Å². The first-order valence-corrected chi connectivity index (χ1v) is 8.99. The van der Waals surface area contributed by atoms with Crippen LogP contribution in [0.2, 0.25) is 5.02 Å². The monoisotopic (exact) mass is 358 g/mol. The fourth-order valence-corrected chi connectivity index (χ4v) is 3.14. The van der Waals surface area contributed by atoms with Crippen molar-refractivity contribution in [3.05, 3.63) is 58.9 Å². The van der Waals surface area contributed by atoms with Gasteiger partial charge >= 0.3 is 0 Å². The number of rotatable bonds is 5. The standard InChI is InChI=1S/C19H23ClN4O/c1-2-23-7-9-24(10-8-23)19(25)16-11-17(14-21-12-16)22-13-15-5-3-4-6-18(15)20/h3-6,11-12,14,22H,2,7-10,13H2,1H3. The number of piperazine rings is 1. The zero-order valence-electron chi connectivity index (χ0n) is 14.4. The highest BCUT2D eigenvalue weighted by Crippen LogP contribution is 2.18. The maximum atomic E-state index is 12.7. The Morgan fingerprint density at radius 2 is 1.96 bits per heavy atom. The molecule has 1 aliphatic heterocycles. The minimum Gasteiger partial charge on any atom is -0.380 e. The number of likely N-dealkylation sites (N-methyl/N-ethyl adjacent to an activating group) is 1. The molecule has 132 valence electrons. The summed E-state index contributed by atoms with van der Waals surface area (Å²) in [6.07, 6.45) is 3.36. The first-order chi connectivity index (χ1) is 12.2. The van der Waals surface area contributed by atoms with E-state index in [4.69, 9.17) is 11.6 Å². The SMILES string of the molecule is CCN1CCN(C(=O)c2cncc(NCc3ccccc3Cl)c2)CC1. The summed E-state index contributed by atoms with van der Waals surface area (Å²) >= 11 is 6.18. The highest BCUT2D eigenvalue weighted by Gasteiger charge is 2.21. The maximum Gasteiger partial charge on any atom is 0.255 e. The van der Waals surface area contributed by atoms with Crippen molar-refractivity contribution in [2.24, 2.45) is 0 Å². The molecular weight excluding hydrogens is 336 g/mol. The van der Waals surface area contributed by atoms with Crippen LogP contribution in [0.3, 0.4) is 0 Å². The van der Waals surface area contributed by atoms with Crippen molar-refractivity contribution in [3.8, 4) is 0 Å². The molecule has 1 amide bonds. The molecule has 1 aromatic carbocycles. The number of nitrogens with zero attached hydrogens (tertiary/aromatic N) is 3. The number of amides is 1. The molecule has 0 aliphatic carbocycles. The normalized spacial score (nSPS) is 15.2. The van der Waals surface area contributed by atoms with Gasteiger partial charge in [-0.1, -0.05) is 36.7 Å². The average molecular weight is 359 g/mol. The average Bonchev–Trinajstić information content (AvgIpc) is 2.67. The molecule has 0 bridgehead atoms. The van der Waals surface area contributed by atoms with Gasteiger partial charge in [0.15, 0.2) is 0 Å². The van der Waals surface area contributed by atoms with Gasteiger partial charge in [-0.05, 0) is 24.2 Å². The van der Waals surface area contributed by atoms with Gasteiger partial charge in [0.2, 0.25) is 0 Å². The third-order valence-electron chi connectivity index (χ3n) is 4.53. The lowest BCUT2D eigenvalue weighted by Crippen LogP contribution is -2.48. The van der Waals surface area contributed by atoms with Crippen molar-refractivity contribution in [1.82, 2.24) is 14.8 Å². The van der Waals surface area contributed by atoms with Gasteiger partial charge in [0, 0.05) is 50.1 Å². The molecule has 1 N–H and O–H groups in total. The van der Waals surface area contributed by atoms with E-state index in [1.54, 1.807) is 12.4 Å². The number of pyridine rings is 1. The fourth-order valence-electron chi connectivity index (χ4n) is 2.94. The molecule has 0 unspecified atom stereocenters. The molecule has 1 aliphatic rings. The summed E-state index contributed by atoms with van der Waals surface area (Å²) in [4.78, 5) is 21.2. The predicted octanol–water partition coefficient (Wildman–Crippen LogP) is 3.12. The van der Waals surface area contributed by atoms with Gasteiger partial charge in [-0.3, -0.25) is 9.78 Å². The van der Waals surface area contributed by atoms with Crippen molar-refractivity contribution in [3.63, 3.8) is 0 Å². The number of anilines is 1. The summed E-state index contributed by atoms with van der Waals surface area (Å²) in [5.74, 6) is 0.0460. The van der Waals surface area contributed by atoms with Gasteiger partial charge in [-0.25, -0.2) is 0 Å². The van der Waals surface area contributed by atoms with Gasteiger partial charge in [-0.2, -0.15) is 0 Å². The van der Waals surface area contributed by atoms with Crippen LogP contribution in [0.15, 0.2) is 42.7 Å². The third-order valence-corrected chi connectivity index (χ3v) is 4.90. The van der Waals surface area contributed by atoms with Crippen molar-refractivity contribution in [2.45, 2.75) is 13.5 Å². The summed E-state index contributed by atoms with van der Waals surface area (Å²) in [6.45, 7) is 7.17. The molecule has 0 atom stereocenters. The molecule has 25 heavy (non-hydrogen) atoms. The van der Waals surface area contributed by atoms with Gasteiger partial charge in [0.05, 0.1) is 11.3 Å². The minimum atomic E-state index is 0.0460. The zero-order chi connectivity index (χ0) is 17.6. The lowest BCUT2D eigenvalue weighted by Gasteiger charge is -2.34. The van der Waals surface area contributed by atoms with Crippen LogP contribution in [0.25, 0.3) is 0 Å². The van der Waals surface area contributed by atoms with E-state index in [1.807, 2.05) is 35.2 Å². The predicted molar refractivity (Wildman–Crippen MR) is 101 cm³/mol. The van der Waals surface area contributed by atoms with Crippen molar-refractivity contribution in [2.75, 3.05) is 38.0 Å². The van der Waals surface area contributed by atoms with Crippen molar-refractivity contribution < 1.29 is 4.79 Å². The summed E-state index contributed by atoms with van der Waals surface area (Å²) in [5.41, 5.74) is 2.45. The number of aromatic nitrogens is 1. The Hall–Kier alpha value is -2.11. The van der Waals surface area contributed by atoms with E-state index in [1.165, 1.54) is 0 Å². The Kier molecular flexibility index (Phi) is 5.89. The van der Waals surface area contributed by atoms with Crippen LogP contribution in [0.5, 0.6) is 0 Å². The Morgan fingerprint density at radius 3 is 2.68 bits per heavy atom. The van der Waals surface area contributed by atoms with Crippen LogP contribution in [-0.4, -0.2) is 53.4 Å². The summed E-state index contributed by atoms with van der Waals surface area (Å²) < 4.78 is 0. The molecule has 0 saturated carbocycles. The molecular formula is C19H23ClN4O. The highest BCUT2D eigenvalue weighted by molar-refractivity contribution is 6.31. The van der Waals surface area contributed by atoms with Gasteiger partial charge in [-0.15, -0.1) is 0 Å². The number of halogens is 1. The van der Waals surface area contributed by atoms with Crippen LogP contribution < -0.4 is 5.32 Å². The topological polar surface area (TPSA) is 48.5 Å². The summed E-state index contributed by atoms with van der Waals surface area (Å²) in [5, 5.41) is 4.02. The second kappa shape index (κ2) is 8.32. The molecule has 2 heterocycles. The molecule has 2 aromatic rings. The maximum absolute atomic E-state index is 12.7. The Labute approximate surface area is 153 Å². The fraction of sp³-hybridized carbons (Fsp3) is 0.368.